The molecule has 1 aliphatic carbocycles. The molecule has 0 heterocycles. The van der Waals surface area contributed by atoms with Crippen LogP contribution in [0.3, 0.4) is 0 Å². The first-order chi connectivity index (χ1) is 5.97. The average molecular weight is 183 g/mol. The summed E-state index contributed by atoms with van der Waals surface area (Å²) in [5.41, 5.74) is 8.48. The molecule has 0 saturated heterocycles. The summed E-state index contributed by atoms with van der Waals surface area (Å²) >= 11 is 0. The summed E-state index contributed by atoms with van der Waals surface area (Å²) in [6.45, 7) is 6.45. The molecule has 0 bridgehead atoms. The predicted octanol–water partition coefficient (Wildman–Crippen LogP) is 2.48. The second-order valence-electron chi connectivity index (χ2n) is 4.67. The minimum absolute atomic E-state index is 0.165. The molecule has 0 radical (unpaired) electrons. The topological polar surface area (TPSA) is 69.0 Å². The van der Waals surface area contributed by atoms with Gasteiger partial charge in [0.15, 0.2) is 0 Å². The van der Waals surface area contributed by atoms with Crippen molar-refractivity contribution in [1.82, 2.24) is 0 Å². The highest BCUT2D eigenvalue weighted by Crippen LogP contribution is 2.41. The summed E-state index contributed by atoms with van der Waals surface area (Å²) in [6, 6.07) is -0.240. The molecule has 1 saturated carbocycles. The van der Waals surface area contributed by atoms with E-state index in [4.69, 9.17) is 5.53 Å². The molecule has 13 heavy (non-hydrogen) atoms. The number of hydrogen-bond donors (Lipinski definition) is 1. The number of aliphatic hydroxyl groups is 1. The Labute approximate surface area is 78.6 Å². The zero-order valence-electron chi connectivity index (χ0n) is 8.44. The highest BCUT2D eigenvalue weighted by molar-refractivity contribution is 4.92. The van der Waals surface area contributed by atoms with Gasteiger partial charge in [-0.3, -0.25) is 0 Å². The fourth-order valence-corrected chi connectivity index (χ4v) is 1.90. The molecule has 1 fully saturated rings. The van der Waals surface area contributed by atoms with Gasteiger partial charge in [0.05, 0.1) is 12.1 Å². The third-order valence-electron chi connectivity index (χ3n) is 3.31. The van der Waals surface area contributed by atoms with Crippen LogP contribution >= 0.6 is 0 Å². The number of azide groups is 1. The van der Waals surface area contributed by atoms with Crippen LogP contribution in [0.2, 0.25) is 0 Å². The van der Waals surface area contributed by atoms with Crippen molar-refractivity contribution in [1.29, 1.82) is 0 Å². The Morgan fingerprint density at radius 2 is 2.15 bits per heavy atom. The number of rotatable bonds is 1. The molecule has 0 amide bonds. The van der Waals surface area contributed by atoms with Crippen molar-refractivity contribution in [3.63, 3.8) is 0 Å². The predicted molar refractivity (Wildman–Crippen MR) is 51.1 cm³/mol. The largest absolute Gasteiger partial charge is 0.393 e. The second-order valence-corrected chi connectivity index (χ2v) is 4.67. The number of hydrogen-bond acceptors (Lipinski definition) is 2. The maximum Gasteiger partial charge on any atom is 0.0639 e. The van der Waals surface area contributed by atoms with E-state index in [1.165, 1.54) is 0 Å². The monoisotopic (exact) mass is 183 g/mol. The molecule has 1 unspecified atom stereocenters. The highest BCUT2D eigenvalue weighted by atomic mass is 16.3. The first kappa shape index (κ1) is 10.4. The molecule has 3 atom stereocenters. The van der Waals surface area contributed by atoms with Gasteiger partial charge >= 0.3 is 0 Å². The summed E-state index contributed by atoms with van der Waals surface area (Å²) < 4.78 is 0. The SMILES string of the molecule is CC1C[C@H](O)[C@@H](N=[N+]=[N-])CC1(C)C. The average Bonchev–Trinajstić information content (AvgIpc) is 2.00. The number of nitrogens with zero attached hydrogens (tertiary/aromatic N) is 3. The van der Waals surface area contributed by atoms with Crippen molar-refractivity contribution in [3.8, 4) is 0 Å². The molecule has 0 aliphatic heterocycles. The van der Waals surface area contributed by atoms with E-state index in [9.17, 15) is 5.11 Å². The standard InChI is InChI=1S/C9H17N3O/c1-6-4-8(13)7(11-12-10)5-9(6,2)3/h6-8,13H,4-5H2,1-3H3/t6?,7-,8-/m0/s1. The van der Waals surface area contributed by atoms with Gasteiger partial charge in [-0.1, -0.05) is 25.9 Å². The molecule has 0 aromatic rings. The van der Waals surface area contributed by atoms with Crippen LogP contribution in [0.25, 0.3) is 10.4 Å². The molecule has 74 valence electrons. The number of aliphatic hydroxyl groups excluding tert-OH is 1. The quantitative estimate of drug-likeness (QED) is 0.378. The lowest BCUT2D eigenvalue weighted by Gasteiger charge is -2.41. The van der Waals surface area contributed by atoms with Gasteiger partial charge in [-0.25, -0.2) is 0 Å². The normalized spacial score (nSPS) is 38.0. The molecule has 0 spiro atoms. The molecule has 1 N–H and O–H groups in total. The van der Waals surface area contributed by atoms with E-state index in [1.54, 1.807) is 0 Å². The Kier molecular flexibility index (Phi) is 2.84. The van der Waals surface area contributed by atoms with E-state index >= 15 is 0 Å². The third kappa shape index (κ3) is 2.14. The van der Waals surface area contributed by atoms with Crippen LogP contribution in [0.4, 0.5) is 0 Å². The van der Waals surface area contributed by atoms with E-state index in [0.29, 0.717) is 5.92 Å². The van der Waals surface area contributed by atoms with Crippen LogP contribution in [0, 0.1) is 11.3 Å². The lowest BCUT2D eigenvalue weighted by atomic mass is 9.67. The van der Waals surface area contributed by atoms with E-state index in [1.807, 2.05) is 0 Å². The summed E-state index contributed by atoms with van der Waals surface area (Å²) in [6.07, 6.45) is 1.05. The lowest BCUT2D eigenvalue weighted by molar-refractivity contribution is 0.0191. The fourth-order valence-electron chi connectivity index (χ4n) is 1.90. The second kappa shape index (κ2) is 3.56. The van der Waals surface area contributed by atoms with Crippen molar-refractivity contribution in [2.45, 2.75) is 45.8 Å². The van der Waals surface area contributed by atoms with Gasteiger partial charge < -0.3 is 5.11 Å². The maximum absolute atomic E-state index is 9.64. The van der Waals surface area contributed by atoms with Crippen molar-refractivity contribution in [3.05, 3.63) is 10.4 Å². The molecule has 4 heteroatoms. The van der Waals surface area contributed by atoms with Gasteiger partial charge in [0.2, 0.25) is 0 Å². The van der Waals surface area contributed by atoms with Crippen molar-refractivity contribution in [2.24, 2.45) is 16.4 Å². The van der Waals surface area contributed by atoms with E-state index < -0.39 is 6.10 Å². The van der Waals surface area contributed by atoms with Crippen LogP contribution in [0.1, 0.15) is 33.6 Å². The van der Waals surface area contributed by atoms with Crippen LogP contribution in [-0.2, 0) is 0 Å². The van der Waals surface area contributed by atoms with E-state index in [0.717, 1.165) is 12.8 Å². The Bertz CT molecular complexity index is 233. The zero-order chi connectivity index (χ0) is 10.1. The first-order valence-electron chi connectivity index (χ1n) is 4.69. The fraction of sp³-hybridized carbons (Fsp3) is 1.00. The third-order valence-corrected chi connectivity index (χ3v) is 3.31. The van der Waals surface area contributed by atoms with Gasteiger partial charge in [-0.2, -0.15) is 0 Å². The Morgan fingerprint density at radius 1 is 1.54 bits per heavy atom. The molecule has 1 rings (SSSR count). The van der Waals surface area contributed by atoms with Crippen LogP contribution in [-0.4, -0.2) is 17.3 Å². The maximum atomic E-state index is 9.64. The van der Waals surface area contributed by atoms with Crippen LogP contribution in [0.5, 0.6) is 0 Å². The van der Waals surface area contributed by atoms with E-state index in [2.05, 4.69) is 30.8 Å². The van der Waals surface area contributed by atoms with Gasteiger partial charge in [0.25, 0.3) is 0 Å². The molecule has 0 aromatic carbocycles. The minimum Gasteiger partial charge on any atom is -0.393 e. The van der Waals surface area contributed by atoms with Gasteiger partial charge in [0.1, 0.15) is 0 Å². The molecular weight excluding hydrogens is 166 g/mol. The first-order valence-corrected chi connectivity index (χ1v) is 4.69. The highest BCUT2D eigenvalue weighted by Gasteiger charge is 2.38. The molecule has 0 aromatic heterocycles. The summed E-state index contributed by atoms with van der Waals surface area (Å²) in [5.74, 6) is 0.479. The summed E-state index contributed by atoms with van der Waals surface area (Å²) in [4.78, 5) is 2.77. The lowest BCUT2D eigenvalue weighted by Crippen LogP contribution is -2.41. The molecular formula is C9H17N3O. The zero-order valence-corrected chi connectivity index (χ0v) is 8.44. The van der Waals surface area contributed by atoms with Crippen LogP contribution < -0.4 is 0 Å². The van der Waals surface area contributed by atoms with Gasteiger partial charge in [0, 0.05) is 4.91 Å². The van der Waals surface area contributed by atoms with Crippen molar-refractivity contribution >= 4 is 0 Å². The Morgan fingerprint density at radius 3 is 2.69 bits per heavy atom. The minimum atomic E-state index is -0.459. The molecule has 1 aliphatic rings. The summed E-state index contributed by atoms with van der Waals surface area (Å²) in [7, 11) is 0. The van der Waals surface area contributed by atoms with Crippen molar-refractivity contribution < 1.29 is 5.11 Å². The Balaban J connectivity index is 2.75. The van der Waals surface area contributed by atoms with Gasteiger partial charge in [-0.15, -0.1) is 0 Å². The van der Waals surface area contributed by atoms with Gasteiger partial charge in [-0.05, 0) is 29.7 Å². The van der Waals surface area contributed by atoms with Crippen LogP contribution in [0.15, 0.2) is 5.11 Å². The Hall–Kier alpha value is -0.730. The smallest absolute Gasteiger partial charge is 0.0639 e. The van der Waals surface area contributed by atoms with E-state index in [-0.39, 0.29) is 11.5 Å². The van der Waals surface area contributed by atoms with Crippen molar-refractivity contribution in [2.75, 3.05) is 0 Å². The summed E-state index contributed by atoms with van der Waals surface area (Å²) in [5, 5.41) is 13.3. The molecule has 4 nitrogen and oxygen atoms in total.